The Bertz CT molecular complexity index is 759. The van der Waals surface area contributed by atoms with E-state index in [2.05, 4.69) is 55.7 Å². The highest BCUT2D eigenvalue weighted by Gasteiger charge is 2.27. The third-order valence-electron chi connectivity index (χ3n) is 4.31. The van der Waals surface area contributed by atoms with Crippen molar-refractivity contribution < 1.29 is 0 Å². The van der Waals surface area contributed by atoms with Crippen molar-refractivity contribution >= 4 is 11.0 Å². The second-order valence-corrected chi connectivity index (χ2v) is 6.19. The van der Waals surface area contributed by atoms with Crippen molar-refractivity contribution in [3.8, 4) is 0 Å². The molecule has 0 spiro atoms. The molecule has 22 heavy (non-hydrogen) atoms. The van der Waals surface area contributed by atoms with Crippen LogP contribution in [0.1, 0.15) is 37.3 Å². The molecule has 0 aliphatic heterocycles. The van der Waals surface area contributed by atoms with Crippen LogP contribution in [0.4, 0.5) is 0 Å². The largest absolute Gasteiger partial charge is 0.323 e. The first-order valence-corrected chi connectivity index (χ1v) is 7.83. The Kier molecular flexibility index (Phi) is 3.99. The van der Waals surface area contributed by atoms with Gasteiger partial charge in [0.1, 0.15) is 5.82 Å². The van der Waals surface area contributed by atoms with Crippen LogP contribution >= 0.6 is 0 Å². The molecule has 3 rings (SSSR count). The van der Waals surface area contributed by atoms with Crippen LogP contribution < -0.4 is 5.73 Å². The molecule has 0 aliphatic rings. The average molecular weight is 293 g/mol. The maximum absolute atomic E-state index is 6.64. The summed E-state index contributed by atoms with van der Waals surface area (Å²) in [5.74, 6) is 1.43. The van der Waals surface area contributed by atoms with Crippen molar-refractivity contribution in [2.45, 2.75) is 32.9 Å². The highest BCUT2D eigenvalue weighted by atomic mass is 15.1. The average Bonchev–Trinajstić information content (AvgIpc) is 2.84. The molecule has 0 bridgehead atoms. The number of imidazole rings is 1. The molecule has 3 heteroatoms. The van der Waals surface area contributed by atoms with Crippen molar-refractivity contribution in [3.05, 3.63) is 66.0 Å². The predicted molar refractivity (Wildman–Crippen MR) is 91.7 cm³/mol. The lowest BCUT2D eigenvalue weighted by molar-refractivity contribution is 0.321. The normalized spacial score (nSPS) is 14.4. The summed E-state index contributed by atoms with van der Waals surface area (Å²) in [4.78, 5) is 4.70. The quantitative estimate of drug-likeness (QED) is 0.782. The van der Waals surface area contributed by atoms with Crippen molar-refractivity contribution in [2.24, 2.45) is 11.7 Å². The first-order chi connectivity index (χ1) is 10.6. The fourth-order valence-electron chi connectivity index (χ4n) is 3.29. The van der Waals surface area contributed by atoms with Gasteiger partial charge >= 0.3 is 0 Å². The van der Waals surface area contributed by atoms with Crippen molar-refractivity contribution in [1.29, 1.82) is 0 Å². The Labute approximate surface area is 131 Å². The Morgan fingerprint density at radius 2 is 1.59 bits per heavy atom. The van der Waals surface area contributed by atoms with Crippen LogP contribution in [-0.2, 0) is 0 Å². The Morgan fingerprint density at radius 1 is 0.955 bits per heavy atom. The second kappa shape index (κ2) is 5.93. The molecule has 0 amide bonds. The van der Waals surface area contributed by atoms with Crippen LogP contribution in [0.5, 0.6) is 0 Å². The zero-order valence-corrected chi connectivity index (χ0v) is 13.4. The van der Waals surface area contributed by atoms with Crippen LogP contribution in [0.15, 0.2) is 54.6 Å². The van der Waals surface area contributed by atoms with E-state index in [9.17, 15) is 0 Å². The Hall–Kier alpha value is -2.13. The van der Waals surface area contributed by atoms with Gasteiger partial charge in [-0.3, -0.25) is 0 Å². The van der Waals surface area contributed by atoms with Gasteiger partial charge in [0.05, 0.1) is 23.1 Å². The monoisotopic (exact) mass is 293 g/mol. The molecule has 1 heterocycles. The molecule has 2 aromatic carbocycles. The van der Waals surface area contributed by atoms with E-state index in [1.54, 1.807) is 0 Å². The lowest BCUT2D eigenvalue weighted by Crippen LogP contribution is -2.29. The number of aromatic nitrogens is 2. The molecule has 0 saturated carbocycles. The van der Waals surface area contributed by atoms with E-state index in [0.29, 0.717) is 5.92 Å². The zero-order chi connectivity index (χ0) is 15.7. The molecular weight excluding hydrogens is 270 g/mol. The third kappa shape index (κ3) is 2.53. The van der Waals surface area contributed by atoms with E-state index in [4.69, 9.17) is 10.7 Å². The van der Waals surface area contributed by atoms with Gasteiger partial charge in [-0.05, 0) is 30.5 Å². The Morgan fingerprint density at radius 3 is 2.27 bits per heavy atom. The van der Waals surface area contributed by atoms with Crippen LogP contribution in [0.25, 0.3) is 11.0 Å². The summed E-state index contributed by atoms with van der Waals surface area (Å²) in [7, 11) is 0. The molecule has 2 N–H and O–H groups in total. The topological polar surface area (TPSA) is 43.8 Å². The first kappa shape index (κ1) is 14.8. The minimum absolute atomic E-state index is 0.0579. The van der Waals surface area contributed by atoms with Crippen LogP contribution in [0.3, 0.4) is 0 Å². The molecular formula is C19H23N3. The summed E-state index contributed by atoms with van der Waals surface area (Å²) in [5.41, 5.74) is 10.00. The van der Waals surface area contributed by atoms with E-state index < -0.39 is 0 Å². The van der Waals surface area contributed by atoms with E-state index in [-0.39, 0.29) is 12.1 Å². The fourth-order valence-corrected chi connectivity index (χ4v) is 3.29. The van der Waals surface area contributed by atoms with E-state index in [0.717, 1.165) is 16.9 Å². The van der Waals surface area contributed by atoms with E-state index in [1.807, 2.05) is 24.3 Å². The van der Waals surface area contributed by atoms with Crippen molar-refractivity contribution in [3.63, 3.8) is 0 Å². The summed E-state index contributed by atoms with van der Waals surface area (Å²) in [6, 6.07) is 18.7. The predicted octanol–water partition coefficient (Wildman–Crippen LogP) is 4.24. The first-order valence-electron chi connectivity index (χ1n) is 7.83. The van der Waals surface area contributed by atoms with Crippen LogP contribution in [-0.4, -0.2) is 9.55 Å². The highest BCUT2D eigenvalue weighted by Crippen LogP contribution is 2.34. The van der Waals surface area contributed by atoms with Gasteiger partial charge in [0.25, 0.3) is 0 Å². The van der Waals surface area contributed by atoms with Gasteiger partial charge in [-0.15, -0.1) is 0 Å². The Balaban J connectivity index is 2.13. The standard InChI is InChI=1S/C19H23N3/c1-13(2)19(18(20)15-9-5-4-6-10-15)22-14(3)21-16-11-7-8-12-17(16)22/h4-13,18-19H,20H2,1-3H3. The summed E-state index contributed by atoms with van der Waals surface area (Å²) in [5, 5.41) is 0. The minimum Gasteiger partial charge on any atom is -0.323 e. The smallest absolute Gasteiger partial charge is 0.107 e. The van der Waals surface area contributed by atoms with Crippen LogP contribution in [0, 0.1) is 12.8 Å². The number of hydrogen-bond donors (Lipinski definition) is 1. The van der Waals surface area contributed by atoms with Gasteiger partial charge < -0.3 is 10.3 Å². The molecule has 2 atom stereocenters. The molecule has 0 aliphatic carbocycles. The lowest BCUT2D eigenvalue weighted by atomic mass is 9.91. The number of nitrogens with two attached hydrogens (primary N) is 1. The van der Waals surface area contributed by atoms with Crippen molar-refractivity contribution in [2.75, 3.05) is 0 Å². The molecule has 2 unspecified atom stereocenters. The molecule has 0 radical (unpaired) electrons. The van der Waals surface area contributed by atoms with E-state index >= 15 is 0 Å². The van der Waals surface area contributed by atoms with E-state index in [1.165, 1.54) is 5.56 Å². The molecule has 0 saturated heterocycles. The van der Waals surface area contributed by atoms with Gasteiger partial charge in [-0.25, -0.2) is 4.98 Å². The SMILES string of the molecule is Cc1nc2ccccc2n1C(C(C)C)C(N)c1ccccc1. The number of para-hydroxylation sites is 2. The maximum atomic E-state index is 6.64. The lowest BCUT2D eigenvalue weighted by Gasteiger charge is -2.30. The summed E-state index contributed by atoms with van der Waals surface area (Å²) >= 11 is 0. The molecule has 1 aromatic heterocycles. The summed E-state index contributed by atoms with van der Waals surface area (Å²) in [6.07, 6.45) is 0. The molecule has 0 fully saturated rings. The zero-order valence-electron chi connectivity index (χ0n) is 13.4. The minimum atomic E-state index is -0.0579. The number of benzene rings is 2. The van der Waals surface area contributed by atoms with Gasteiger partial charge in [0, 0.05) is 0 Å². The number of hydrogen-bond acceptors (Lipinski definition) is 2. The summed E-state index contributed by atoms with van der Waals surface area (Å²) < 4.78 is 2.30. The number of rotatable bonds is 4. The fraction of sp³-hybridized carbons (Fsp3) is 0.316. The number of nitrogens with zero attached hydrogens (tertiary/aromatic N) is 2. The van der Waals surface area contributed by atoms with Gasteiger partial charge in [0.15, 0.2) is 0 Å². The second-order valence-electron chi connectivity index (χ2n) is 6.19. The highest BCUT2D eigenvalue weighted by molar-refractivity contribution is 5.76. The number of aryl methyl sites for hydroxylation is 1. The van der Waals surface area contributed by atoms with Crippen LogP contribution in [0.2, 0.25) is 0 Å². The maximum Gasteiger partial charge on any atom is 0.107 e. The number of fused-ring (bicyclic) bond motifs is 1. The summed E-state index contributed by atoms with van der Waals surface area (Å²) in [6.45, 7) is 6.51. The molecule has 3 nitrogen and oxygen atoms in total. The van der Waals surface area contributed by atoms with Crippen molar-refractivity contribution in [1.82, 2.24) is 9.55 Å². The van der Waals surface area contributed by atoms with Gasteiger partial charge in [-0.1, -0.05) is 56.3 Å². The van der Waals surface area contributed by atoms with Gasteiger partial charge in [-0.2, -0.15) is 0 Å². The third-order valence-corrected chi connectivity index (χ3v) is 4.31. The molecule has 114 valence electrons. The molecule has 3 aromatic rings. The van der Waals surface area contributed by atoms with Gasteiger partial charge in [0.2, 0.25) is 0 Å².